The van der Waals surface area contributed by atoms with Crippen LogP contribution >= 0.6 is 11.3 Å². The maximum Gasteiger partial charge on any atom is 0.273 e. The van der Waals surface area contributed by atoms with Crippen LogP contribution in [0.3, 0.4) is 0 Å². The van der Waals surface area contributed by atoms with E-state index >= 15 is 0 Å². The number of hydrogen-bond acceptors (Lipinski definition) is 7. The Labute approximate surface area is 161 Å². The van der Waals surface area contributed by atoms with Gasteiger partial charge >= 0.3 is 0 Å². The fraction of sp³-hybridized carbons (Fsp3) is 0.556. The van der Waals surface area contributed by atoms with E-state index < -0.39 is 0 Å². The van der Waals surface area contributed by atoms with E-state index in [1.165, 1.54) is 23.7 Å². The molecule has 1 saturated carbocycles. The van der Waals surface area contributed by atoms with E-state index in [1.54, 1.807) is 5.51 Å². The Balaban J connectivity index is 1.56. The second-order valence-electron chi connectivity index (χ2n) is 6.58. The van der Waals surface area contributed by atoms with Crippen molar-refractivity contribution < 1.29 is 18.8 Å². The highest BCUT2D eigenvalue weighted by Gasteiger charge is 2.35. The quantitative estimate of drug-likeness (QED) is 0.713. The summed E-state index contributed by atoms with van der Waals surface area (Å²) in [5.74, 6) is -0.412. The minimum atomic E-state index is -0.287. The Morgan fingerprint density at radius 2 is 2.30 bits per heavy atom. The average molecular weight is 392 g/mol. The van der Waals surface area contributed by atoms with Crippen molar-refractivity contribution in [3.8, 4) is 0 Å². The standard InChI is InChI=1S/C18H24N4O4S/c1-2-6-25-16-8-12(17(23)19-9-13-10-27-11-20-13)3-4-14(16)21-18(24)15-5-7-26-22-15/h5,7,10-12,14,16H,2-4,6,8-9H2,1H3,(H,19,23)(H,21,24)/t12-,14+,16+/m0/s1. The lowest BCUT2D eigenvalue weighted by atomic mass is 9.83. The van der Waals surface area contributed by atoms with E-state index in [4.69, 9.17) is 9.26 Å². The summed E-state index contributed by atoms with van der Waals surface area (Å²) < 4.78 is 10.7. The van der Waals surface area contributed by atoms with Gasteiger partial charge in [0.1, 0.15) is 6.26 Å². The van der Waals surface area contributed by atoms with E-state index in [0.717, 1.165) is 12.1 Å². The third-order valence-corrected chi connectivity index (χ3v) is 5.25. The normalized spacial score (nSPS) is 22.3. The molecule has 9 heteroatoms. The summed E-state index contributed by atoms with van der Waals surface area (Å²) in [4.78, 5) is 29.0. The molecule has 3 rings (SSSR count). The number of carbonyl (C=O) groups excluding carboxylic acids is 2. The van der Waals surface area contributed by atoms with Gasteiger partial charge in [-0.1, -0.05) is 12.1 Å². The second kappa shape index (κ2) is 9.61. The van der Waals surface area contributed by atoms with Gasteiger partial charge in [-0.15, -0.1) is 11.3 Å². The van der Waals surface area contributed by atoms with Gasteiger partial charge in [0, 0.05) is 24.0 Å². The second-order valence-corrected chi connectivity index (χ2v) is 7.30. The number of nitrogens with one attached hydrogen (secondary N) is 2. The lowest BCUT2D eigenvalue weighted by molar-refractivity contribution is -0.128. The first-order valence-corrected chi connectivity index (χ1v) is 10.1. The van der Waals surface area contributed by atoms with Gasteiger partial charge in [-0.05, 0) is 25.7 Å². The molecule has 0 bridgehead atoms. The van der Waals surface area contributed by atoms with Gasteiger partial charge in [0.05, 0.1) is 29.9 Å². The van der Waals surface area contributed by atoms with Crippen molar-refractivity contribution in [1.29, 1.82) is 0 Å². The maximum absolute atomic E-state index is 12.5. The first-order chi connectivity index (χ1) is 13.2. The number of rotatable bonds is 8. The maximum atomic E-state index is 12.5. The molecule has 2 amide bonds. The van der Waals surface area contributed by atoms with Crippen LogP contribution in [0.15, 0.2) is 27.7 Å². The number of hydrogen-bond donors (Lipinski definition) is 2. The predicted octanol–water partition coefficient (Wildman–Crippen LogP) is 2.14. The first kappa shape index (κ1) is 19.5. The molecule has 0 aromatic carbocycles. The van der Waals surface area contributed by atoms with Crippen LogP contribution < -0.4 is 10.6 Å². The minimum Gasteiger partial charge on any atom is -0.376 e. The van der Waals surface area contributed by atoms with Crippen LogP contribution in [-0.2, 0) is 16.1 Å². The summed E-state index contributed by atoms with van der Waals surface area (Å²) in [7, 11) is 0. The molecule has 0 saturated heterocycles. The molecule has 2 aromatic rings. The lowest BCUT2D eigenvalue weighted by Gasteiger charge is -2.35. The van der Waals surface area contributed by atoms with Gasteiger partial charge in [-0.25, -0.2) is 4.98 Å². The van der Waals surface area contributed by atoms with E-state index in [-0.39, 0.29) is 35.6 Å². The zero-order chi connectivity index (χ0) is 19.1. The van der Waals surface area contributed by atoms with Crippen LogP contribution in [0.2, 0.25) is 0 Å². The van der Waals surface area contributed by atoms with Gasteiger partial charge in [0.15, 0.2) is 5.69 Å². The van der Waals surface area contributed by atoms with Crippen LogP contribution in [0.5, 0.6) is 0 Å². The van der Waals surface area contributed by atoms with E-state index in [1.807, 2.05) is 12.3 Å². The average Bonchev–Trinajstić information content (AvgIpc) is 3.39. The van der Waals surface area contributed by atoms with Crippen LogP contribution in [0.25, 0.3) is 0 Å². The summed E-state index contributed by atoms with van der Waals surface area (Å²) >= 11 is 1.51. The SMILES string of the molecule is CCCO[C@@H]1C[C@@H](C(=O)NCc2cscn2)CC[C@H]1NC(=O)c1ccon1. The fourth-order valence-electron chi connectivity index (χ4n) is 3.20. The first-order valence-electron chi connectivity index (χ1n) is 9.15. The summed E-state index contributed by atoms with van der Waals surface area (Å²) in [6.45, 7) is 3.06. The largest absolute Gasteiger partial charge is 0.376 e. The molecule has 0 spiro atoms. The number of carbonyl (C=O) groups is 2. The zero-order valence-corrected chi connectivity index (χ0v) is 16.0. The molecule has 1 aliphatic carbocycles. The fourth-order valence-corrected chi connectivity index (χ4v) is 3.76. The number of ether oxygens (including phenoxy) is 1. The highest BCUT2D eigenvalue weighted by atomic mass is 32.1. The number of thiazole rings is 1. The van der Waals surface area contributed by atoms with Gasteiger partial charge in [0.2, 0.25) is 5.91 Å². The van der Waals surface area contributed by atoms with Crippen molar-refractivity contribution in [2.75, 3.05) is 6.61 Å². The molecular weight excluding hydrogens is 368 g/mol. The molecular formula is C18H24N4O4S. The summed E-state index contributed by atoms with van der Waals surface area (Å²) in [5, 5.41) is 11.5. The molecule has 0 aliphatic heterocycles. The van der Waals surface area contributed by atoms with Gasteiger partial charge in [-0.3, -0.25) is 9.59 Å². The molecule has 27 heavy (non-hydrogen) atoms. The topological polar surface area (TPSA) is 106 Å². The van der Waals surface area contributed by atoms with Gasteiger partial charge < -0.3 is 19.9 Å². The Hall–Kier alpha value is -2.26. The van der Waals surface area contributed by atoms with Crippen molar-refractivity contribution in [2.24, 2.45) is 5.92 Å². The number of amides is 2. The summed E-state index contributed by atoms with van der Waals surface area (Å²) in [6, 6.07) is 1.37. The lowest BCUT2D eigenvalue weighted by Crippen LogP contribution is -2.50. The van der Waals surface area contributed by atoms with Crippen molar-refractivity contribution in [3.63, 3.8) is 0 Å². The van der Waals surface area contributed by atoms with Crippen LogP contribution in [0.4, 0.5) is 0 Å². The van der Waals surface area contributed by atoms with Crippen molar-refractivity contribution >= 4 is 23.2 Å². The minimum absolute atomic E-state index is 0.00868. The molecule has 2 heterocycles. The highest BCUT2D eigenvalue weighted by Crippen LogP contribution is 2.27. The Morgan fingerprint density at radius 3 is 3.00 bits per heavy atom. The smallest absolute Gasteiger partial charge is 0.273 e. The Kier molecular flexibility index (Phi) is 6.94. The van der Waals surface area contributed by atoms with Crippen molar-refractivity contribution in [1.82, 2.24) is 20.8 Å². The number of nitrogens with zero attached hydrogens (tertiary/aromatic N) is 2. The molecule has 3 atom stereocenters. The van der Waals surface area contributed by atoms with Crippen LogP contribution in [-0.4, -0.2) is 40.7 Å². The Morgan fingerprint density at radius 1 is 1.41 bits per heavy atom. The molecule has 1 fully saturated rings. The summed E-state index contributed by atoms with van der Waals surface area (Å²) in [6.07, 6.45) is 3.98. The highest BCUT2D eigenvalue weighted by molar-refractivity contribution is 7.07. The molecule has 1 aliphatic rings. The monoisotopic (exact) mass is 392 g/mol. The zero-order valence-electron chi connectivity index (χ0n) is 15.2. The van der Waals surface area contributed by atoms with E-state index in [0.29, 0.717) is 32.4 Å². The van der Waals surface area contributed by atoms with E-state index in [9.17, 15) is 9.59 Å². The molecule has 2 N–H and O–H groups in total. The number of aromatic nitrogens is 2. The molecule has 8 nitrogen and oxygen atoms in total. The van der Waals surface area contributed by atoms with Crippen LogP contribution in [0, 0.1) is 5.92 Å². The van der Waals surface area contributed by atoms with Crippen LogP contribution in [0.1, 0.15) is 48.8 Å². The third kappa shape index (κ3) is 5.36. The predicted molar refractivity (Wildman–Crippen MR) is 99.1 cm³/mol. The summed E-state index contributed by atoms with van der Waals surface area (Å²) in [5.41, 5.74) is 2.85. The molecule has 0 radical (unpaired) electrons. The third-order valence-electron chi connectivity index (χ3n) is 4.61. The van der Waals surface area contributed by atoms with Gasteiger partial charge in [-0.2, -0.15) is 0 Å². The molecule has 146 valence electrons. The van der Waals surface area contributed by atoms with Crippen molar-refractivity contribution in [2.45, 2.75) is 51.3 Å². The van der Waals surface area contributed by atoms with Gasteiger partial charge in [0.25, 0.3) is 5.91 Å². The molecule has 0 unspecified atom stereocenters. The Bertz CT molecular complexity index is 720. The van der Waals surface area contributed by atoms with E-state index in [2.05, 4.69) is 20.8 Å². The molecule has 2 aromatic heterocycles. The van der Waals surface area contributed by atoms with Crippen molar-refractivity contribution in [3.05, 3.63) is 34.6 Å².